The van der Waals surface area contributed by atoms with Gasteiger partial charge >= 0.3 is 0 Å². The number of halogens is 1. The van der Waals surface area contributed by atoms with Gasteiger partial charge in [-0.25, -0.2) is 4.98 Å². The molecule has 94 valence electrons. The number of nitrogens with two attached hydrogens (primary N) is 1. The normalized spacial score (nSPS) is 12.2. The first kappa shape index (κ1) is 14.1. The molecule has 1 heterocycles. The smallest absolute Gasteiger partial charge is 0.228 e. The van der Waals surface area contributed by atoms with Crippen molar-refractivity contribution in [3.8, 4) is 0 Å². The van der Waals surface area contributed by atoms with Crippen LogP contribution in [-0.2, 0) is 4.79 Å². The zero-order chi connectivity index (χ0) is 12.8. The summed E-state index contributed by atoms with van der Waals surface area (Å²) in [5.41, 5.74) is 6.28. The number of aromatic nitrogens is 1. The zero-order valence-electron chi connectivity index (χ0n) is 10.2. The fourth-order valence-electron chi connectivity index (χ4n) is 1.42. The van der Waals surface area contributed by atoms with Gasteiger partial charge in [0.2, 0.25) is 5.91 Å². The molecule has 0 saturated carbocycles. The topological polar surface area (TPSA) is 68.0 Å². The van der Waals surface area contributed by atoms with Gasteiger partial charge in [0, 0.05) is 10.4 Å². The van der Waals surface area contributed by atoms with E-state index < -0.39 is 0 Å². The molecule has 0 radical (unpaired) electrons. The van der Waals surface area contributed by atoms with Gasteiger partial charge in [-0.15, -0.1) is 0 Å². The van der Waals surface area contributed by atoms with Gasteiger partial charge in [0.1, 0.15) is 5.82 Å². The molecule has 1 aromatic rings. The molecule has 0 saturated heterocycles. The summed E-state index contributed by atoms with van der Waals surface area (Å²) in [5.74, 6) is 0.548. The second kappa shape index (κ2) is 6.71. The lowest BCUT2D eigenvalue weighted by atomic mass is 10.1. The Bertz CT molecular complexity index is 395. The molecule has 0 aliphatic carbocycles. The second-order valence-corrected chi connectivity index (χ2v) is 4.94. The molecule has 5 heteroatoms. The van der Waals surface area contributed by atoms with Crippen molar-refractivity contribution in [2.45, 2.75) is 26.7 Å². The third kappa shape index (κ3) is 4.44. The van der Waals surface area contributed by atoms with Crippen LogP contribution in [0.15, 0.2) is 16.6 Å². The summed E-state index contributed by atoms with van der Waals surface area (Å²) in [6, 6.07) is 3.66. The number of hydrogen-bond donors (Lipinski definition) is 2. The second-order valence-electron chi connectivity index (χ2n) is 4.08. The van der Waals surface area contributed by atoms with Crippen LogP contribution in [0.1, 0.15) is 25.5 Å². The molecule has 1 atom stereocenters. The van der Waals surface area contributed by atoms with E-state index in [1.54, 1.807) is 6.07 Å². The van der Waals surface area contributed by atoms with Gasteiger partial charge < -0.3 is 11.1 Å². The molecule has 17 heavy (non-hydrogen) atoms. The lowest BCUT2D eigenvalue weighted by Gasteiger charge is -2.11. The third-order valence-electron chi connectivity index (χ3n) is 2.56. The summed E-state index contributed by atoms with van der Waals surface area (Å²) in [6.07, 6.45) is 1.67. The molecule has 1 unspecified atom stereocenters. The van der Waals surface area contributed by atoms with E-state index >= 15 is 0 Å². The Morgan fingerprint density at radius 3 is 2.88 bits per heavy atom. The van der Waals surface area contributed by atoms with Gasteiger partial charge in [-0.1, -0.05) is 6.92 Å². The number of amides is 1. The summed E-state index contributed by atoms with van der Waals surface area (Å²) in [4.78, 5) is 16.1. The van der Waals surface area contributed by atoms with Crippen LogP contribution in [0.3, 0.4) is 0 Å². The Kier molecular flexibility index (Phi) is 5.58. The number of carbonyl (C=O) groups excluding carboxylic acids is 1. The summed E-state index contributed by atoms with van der Waals surface area (Å²) < 4.78 is 0.937. The number of rotatable bonds is 5. The standard InChI is InChI=1S/C12H18BrN3O/c1-8(4-3-7-14)12(17)16-11-6-5-10(13)9(2)15-11/h5-6,8H,3-4,7,14H2,1-2H3,(H,15,16,17). The molecule has 3 N–H and O–H groups in total. The minimum atomic E-state index is -0.0377. The van der Waals surface area contributed by atoms with Gasteiger partial charge in [-0.05, 0) is 54.4 Å². The summed E-state index contributed by atoms with van der Waals surface area (Å²) in [5, 5.41) is 2.81. The molecule has 1 aromatic heterocycles. The number of hydrogen-bond acceptors (Lipinski definition) is 3. The molecule has 1 amide bonds. The maximum Gasteiger partial charge on any atom is 0.228 e. The average Bonchev–Trinajstić information content (AvgIpc) is 2.30. The molecule has 0 fully saturated rings. The molecule has 0 aliphatic heterocycles. The first-order chi connectivity index (χ1) is 8.04. The van der Waals surface area contributed by atoms with Crippen molar-refractivity contribution >= 4 is 27.7 Å². The van der Waals surface area contributed by atoms with Crippen LogP contribution in [0, 0.1) is 12.8 Å². The van der Waals surface area contributed by atoms with E-state index in [4.69, 9.17) is 5.73 Å². The monoisotopic (exact) mass is 299 g/mol. The molecule has 0 spiro atoms. The van der Waals surface area contributed by atoms with Gasteiger partial charge in [-0.3, -0.25) is 4.79 Å². The maximum atomic E-state index is 11.8. The number of pyridine rings is 1. The Balaban J connectivity index is 2.58. The van der Waals surface area contributed by atoms with E-state index in [-0.39, 0.29) is 11.8 Å². The largest absolute Gasteiger partial charge is 0.330 e. The molecule has 0 aromatic carbocycles. The molecule has 0 aliphatic rings. The van der Waals surface area contributed by atoms with Gasteiger partial charge in [0.05, 0.1) is 5.69 Å². The van der Waals surface area contributed by atoms with Crippen LogP contribution in [-0.4, -0.2) is 17.4 Å². The fourth-order valence-corrected chi connectivity index (χ4v) is 1.64. The lowest BCUT2D eigenvalue weighted by Crippen LogP contribution is -2.21. The first-order valence-electron chi connectivity index (χ1n) is 5.68. The van der Waals surface area contributed by atoms with E-state index in [1.807, 2.05) is 19.9 Å². The Morgan fingerprint density at radius 1 is 1.59 bits per heavy atom. The maximum absolute atomic E-state index is 11.8. The highest BCUT2D eigenvalue weighted by molar-refractivity contribution is 9.10. The van der Waals surface area contributed by atoms with Crippen molar-refractivity contribution in [1.82, 2.24) is 4.98 Å². The van der Waals surface area contributed by atoms with Crippen molar-refractivity contribution in [2.75, 3.05) is 11.9 Å². The van der Waals surface area contributed by atoms with Crippen molar-refractivity contribution in [1.29, 1.82) is 0 Å². The Labute approximate surface area is 110 Å². The Hall–Kier alpha value is -0.940. The van der Waals surface area contributed by atoms with Crippen molar-refractivity contribution in [2.24, 2.45) is 11.7 Å². The fraction of sp³-hybridized carbons (Fsp3) is 0.500. The summed E-state index contributed by atoms with van der Waals surface area (Å²) in [7, 11) is 0. The van der Waals surface area contributed by atoms with Crippen LogP contribution in [0.5, 0.6) is 0 Å². The predicted molar refractivity (Wildman–Crippen MR) is 72.8 cm³/mol. The number of anilines is 1. The summed E-state index contributed by atoms with van der Waals surface area (Å²) >= 11 is 3.37. The molecular weight excluding hydrogens is 282 g/mol. The summed E-state index contributed by atoms with van der Waals surface area (Å²) in [6.45, 7) is 4.40. The van der Waals surface area contributed by atoms with Crippen LogP contribution >= 0.6 is 15.9 Å². The van der Waals surface area contributed by atoms with Crippen LogP contribution in [0.2, 0.25) is 0 Å². The number of nitrogens with one attached hydrogen (secondary N) is 1. The molecule has 0 bridgehead atoms. The number of nitrogens with zero attached hydrogens (tertiary/aromatic N) is 1. The highest BCUT2D eigenvalue weighted by Crippen LogP contribution is 2.17. The van der Waals surface area contributed by atoms with Crippen molar-refractivity contribution < 1.29 is 4.79 Å². The molecular formula is C12H18BrN3O. The lowest BCUT2D eigenvalue weighted by molar-refractivity contribution is -0.119. The average molecular weight is 300 g/mol. The Morgan fingerprint density at radius 2 is 2.29 bits per heavy atom. The van der Waals surface area contributed by atoms with Gasteiger partial charge in [-0.2, -0.15) is 0 Å². The van der Waals surface area contributed by atoms with E-state index in [9.17, 15) is 4.79 Å². The third-order valence-corrected chi connectivity index (χ3v) is 3.40. The van der Waals surface area contributed by atoms with Gasteiger partial charge in [0.15, 0.2) is 0 Å². The number of carbonyl (C=O) groups is 1. The van der Waals surface area contributed by atoms with Gasteiger partial charge in [0.25, 0.3) is 0 Å². The van der Waals surface area contributed by atoms with Crippen LogP contribution in [0.4, 0.5) is 5.82 Å². The minimum Gasteiger partial charge on any atom is -0.330 e. The van der Waals surface area contributed by atoms with Crippen molar-refractivity contribution in [3.05, 3.63) is 22.3 Å². The SMILES string of the molecule is Cc1nc(NC(=O)C(C)CCCN)ccc1Br. The van der Waals surface area contributed by atoms with Crippen LogP contribution < -0.4 is 11.1 Å². The minimum absolute atomic E-state index is 0.00678. The first-order valence-corrected chi connectivity index (χ1v) is 6.48. The highest BCUT2D eigenvalue weighted by Gasteiger charge is 2.13. The van der Waals surface area contributed by atoms with E-state index in [0.717, 1.165) is 23.0 Å². The number of aryl methyl sites for hydroxylation is 1. The predicted octanol–water partition coefficient (Wildman–Crippen LogP) is 2.47. The van der Waals surface area contributed by atoms with Crippen molar-refractivity contribution in [3.63, 3.8) is 0 Å². The highest BCUT2D eigenvalue weighted by atomic mass is 79.9. The molecule has 1 rings (SSSR count). The van der Waals surface area contributed by atoms with E-state index in [0.29, 0.717) is 12.4 Å². The van der Waals surface area contributed by atoms with E-state index in [1.165, 1.54) is 0 Å². The quantitative estimate of drug-likeness (QED) is 0.877. The zero-order valence-corrected chi connectivity index (χ0v) is 11.8. The van der Waals surface area contributed by atoms with Crippen LogP contribution in [0.25, 0.3) is 0 Å². The van der Waals surface area contributed by atoms with E-state index in [2.05, 4.69) is 26.2 Å². The molecule has 4 nitrogen and oxygen atoms in total.